The number of nitrogens with two attached hydrogens (primary N) is 1. The Bertz CT molecular complexity index is 1520. The molecule has 1 aliphatic rings. The molecule has 0 spiro atoms. The number of nitrogens with one attached hydrogen (secondary N) is 2. The number of carbonyl (C=O) groups excluding carboxylic acids is 1. The Balaban J connectivity index is 1.35. The maximum atomic E-state index is 13.9. The summed E-state index contributed by atoms with van der Waals surface area (Å²) in [5, 5.41) is 5.91. The number of hydrogen-bond acceptors (Lipinski definition) is 8. The van der Waals surface area contributed by atoms with E-state index >= 15 is 0 Å². The molecule has 0 bridgehead atoms. The Morgan fingerprint density at radius 3 is 2.62 bits per heavy atom. The van der Waals surface area contributed by atoms with Gasteiger partial charge in [-0.1, -0.05) is 12.1 Å². The number of aromatic nitrogens is 4. The van der Waals surface area contributed by atoms with E-state index in [1.54, 1.807) is 41.2 Å². The van der Waals surface area contributed by atoms with Crippen LogP contribution in [0.1, 0.15) is 27.0 Å². The standard InChI is InChI=1S/C27H27F3N8O2/c1-17-2-5-20(13-22(17)36-26-32-6-7-38(26)24-14-23(31)33-16-34-24)35-25(39)18-3-4-19(21(12-18)27(28,29)30)15-37-8-10-40-11-9-37/h2-7,12-14,16H,8-11,15H2,1H3,(H,32,36)(H,35,39)(H2,31,33,34). The molecule has 10 nitrogen and oxygen atoms in total. The molecule has 1 amide bonds. The molecule has 0 unspecified atom stereocenters. The molecule has 4 N–H and O–H groups in total. The first-order valence-corrected chi connectivity index (χ1v) is 12.5. The number of hydrogen-bond donors (Lipinski definition) is 3. The van der Waals surface area contributed by atoms with Gasteiger partial charge in [-0.25, -0.2) is 15.0 Å². The van der Waals surface area contributed by atoms with Crippen molar-refractivity contribution in [2.24, 2.45) is 0 Å². The van der Waals surface area contributed by atoms with Crippen LogP contribution < -0.4 is 16.4 Å². The predicted octanol–water partition coefficient (Wildman–Crippen LogP) is 4.40. The van der Waals surface area contributed by atoms with Crippen LogP contribution in [0, 0.1) is 6.92 Å². The number of benzene rings is 2. The van der Waals surface area contributed by atoms with Crippen molar-refractivity contribution in [3.05, 3.63) is 83.4 Å². The Morgan fingerprint density at radius 2 is 1.88 bits per heavy atom. The summed E-state index contributed by atoms with van der Waals surface area (Å²) < 4.78 is 48.7. The molecule has 2 aromatic carbocycles. The van der Waals surface area contributed by atoms with Gasteiger partial charge in [-0.2, -0.15) is 13.2 Å². The van der Waals surface area contributed by atoms with Crippen LogP contribution in [0.5, 0.6) is 0 Å². The van der Waals surface area contributed by atoms with Gasteiger partial charge >= 0.3 is 6.18 Å². The summed E-state index contributed by atoms with van der Waals surface area (Å²) >= 11 is 0. The summed E-state index contributed by atoms with van der Waals surface area (Å²) in [7, 11) is 0. The molecule has 0 radical (unpaired) electrons. The summed E-state index contributed by atoms with van der Waals surface area (Å²) in [6, 6.07) is 10.4. The van der Waals surface area contributed by atoms with Crippen molar-refractivity contribution in [2.45, 2.75) is 19.6 Å². The lowest BCUT2D eigenvalue weighted by Gasteiger charge is -2.27. The van der Waals surface area contributed by atoms with Gasteiger partial charge in [-0.15, -0.1) is 0 Å². The van der Waals surface area contributed by atoms with Crippen LogP contribution in [0.25, 0.3) is 5.82 Å². The van der Waals surface area contributed by atoms with Gasteiger partial charge in [0.25, 0.3) is 5.91 Å². The van der Waals surface area contributed by atoms with Crippen LogP contribution >= 0.6 is 0 Å². The topological polar surface area (TPSA) is 123 Å². The number of nitrogen functional groups attached to an aromatic ring is 1. The Morgan fingerprint density at radius 1 is 1.07 bits per heavy atom. The zero-order valence-electron chi connectivity index (χ0n) is 21.6. The molecular weight excluding hydrogens is 525 g/mol. The number of morpholine rings is 1. The van der Waals surface area contributed by atoms with Crippen LogP contribution in [-0.4, -0.2) is 56.6 Å². The lowest BCUT2D eigenvalue weighted by atomic mass is 10.0. The maximum Gasteiger partial charge on any atom is 0.416 e. The third-order valence-corrected chi connectivity index (χ3v) is 6.48. The van der Waals surface area contributed by atoms with E-state index in [2.05, 4.69) is 25.6 Å². The van der Waals surface area contributed by atoms with E-state index in [9.17, 15) is 18.0 Å². The van der Waals surface area contributed by atoms with Crippen LogP contribution in [0.3, 0.4) is 0 Å². The number of carbonyl (C=O) groups is 1. The molecule has 13 heteroatoms. The molecule has 0 aliphatic carbocycles. The van der Waals surface area contributed by atoms with Gasteiger partial charge in [-0.05, 0) is 42.3 Å². The van der Waals surface area contributed by atoms with Gasteiger partial charge in [0.15, 0.2) is 0 Å². The van der Waals surface area contributed by atoms with Gasteiger partial charge < -0.3 is 21.1 Å². The number of alkyl halides is 3. The van der Waals surface area contributed by atoms with E-state index in [0.29, 0.717) is 55.3 Å². The van der Waals surface area contributed by atoms with Gasteiger partial charge in [0.2, 0.25) is 5.95 Å². The monoisotopic (exact) mass is 552 g/mol. The Kier molecular flexibility index (Phi) is 7.67. The quantitative estimate of drug-likeness (QED) is 0.308. The highest BCUT2D eigenvalue weighted by Gasteiger charge is 2.34. The minimum absolute atomic E-state index is 0.0926. The molecule has 5 rings (SSSR count). The lowest BCUT2D eigenvalue weighted by molar-refractivity contribution is -0.138. The van der Waals surface area contributed by atoms with Crippen LogP contribution in [0.2, 0.25) is 0 Å². The highest BCUT2D eigenvalue weighted by Crippen LogP contribution is 2.34. The summed E-state index contributed by atoms with van der Waals surface area (Å²) in [5.41, 5.74) is 6.85. The Hall–Kier alpha value is -4.49. The second kappa shape index (κ2) is 11.3. The van der Waals surface area contributed by atoms with E-state index < -0.39 is 17.6 Å². The van der Waals surface area contributed by atoms with E-state index in [4.69, 9.17) is 10.5 Å². The molecule has 208 valence electrons. The second-order valence-corrected chi connectivity index (χ2v) is 9.29. The normalized spacial score (nSPS) is 14.2. The van der Waals surface area contributed by atoms with E-state index in [-0.39, 0.29) is 17.7 Å². The highest BCUT2D eigenvalue weighted by molar-refractivity contribution is 6.04. The minimum atomic E-state index is -4.60. The predicted molar refractivity (Wildman–Crippen MR) is 144 cm³/mol. The summed E-state index contributed by atoms with van der Waals surface area (Å²) in [6.07, 6.45) is 0.0267. The number of imidazole rings is 1. The van der Waals surface area contributed by atoms with Gasteiger partial charge in [-0.3, -0.25) is 14.3 Å². The first-order valence-electron chi connectivity index (χ1n) is 12.5. The molecule has 4 aromatic rings. The summed E-state index contributed by atoms with van der Waals surface area (Å²) in [4.78, 5) is 27.3. The fraction of sp³-hybridized carbons (Fsp3) is 0.259. The molecule has 0 atom stereocenters. The minimum Gasteiger partial charge on any atom is -0.384 e. The maximum absolute atomic E-state index is 13.9. The van der Waals surface area contributed by atoms with Gasteiger partial charge in [0.05, 0.1) is 18.8 Å². The van der Waals surface area contributed by atoms with Crippen molar-refractivity contribution in [3.63, 3.8) is 0 Å². The largest absolute Gasteiger partial charge is 0.416 e. The molecule has 1 saturated heterocycles. The number of ether oxygens (including phenoxy) is 1. The fourth-order valence-corrected chi connectivity index (χ4v) is 4.35. The Labute approximate surface area is 228 Å². The van der Waals surface area contributed by atoms with Crippen molar-refractivity contribution in [2.75, 3.05) is 42.7 Å². The first kappa shape index (κ1) is 27.1. The van der Waals surface area contributed by atoms with Crippen LogP contribution in [-0.2, 0) is 17.5 Å². The molecule has 0 saturated carbocycles. The average Bonchev–Trinajstić information content (AvgIpc) is 3.39. The molecule has 1 fully saturated rings. The first-order chi connectivity index (χ1) is 19.2. The number of anilines is 4. The third-order valence-electron chi connectivity index (χ3n) is 6.48. The SMILES string of the molecule is Cc1ccc(NC(=O)c2ccc(CN3CCOCC3)c(C(F)(F)F)c2)cc1Nc1nccn1-c1cc(N)ncn1. The average molecular weight is 553 g/mol. The fourth-order valence-electron chi connectivity index (χ4n) is 4.35. The van der Waals surface area contributed by atoms with E-state index in [1.165, 1.54) is 18.5 Å². The zero-order chi connectivity index (χ0) is 28.3. The van der Waals surface area contributed by atoms with Gasteiger partial charge in [0.1, 0.15) is 18.0 Å². The van der Waals surface area contributed by atoms with Crippen LogP contribution in [0.15, 0.2) is 61.2 Å². The third kappa shape index (κ3) is 6.21. The van der Waals surface area contributed by atoms with Crippen molar-refractivity contribution in [1.29, 1.82) is 0 Å². The number of amides is 1. The van der Waals surface area contributed by atoms with Gasteiger partial charge in [0, 0.05) is 55.0 Å². The molecule has 2 aromatic heterocycles. The highest BCUT2D eigenvalue weighted by atomic mass is 19.4. The van der Waals surface area contributed by atoms with Crippen molar-refractivity contribution >= 4 is 29.0 Å². The van der Waals surface area contributed by atoms with Crippen molar-refractivity contribution < 1.29 is 22.7 Å². The van der Waals surface area contributed by atoms with Crippen molar-refractivity contribution in [1.82, 2.24) is 24.4 Å². The summed E-state index contributed by atoms with van der Waals surface area (Å²) in [5.74, 6) is 0.590. The zero-order valence-corrected chi connectivity index (χ0v) is 21.6. The van der Waals surface area contributed by atoms with E-state index in [1.807, 2.05) is 11.8 Å². The number of rotatable bonds is 7. The number of aryl methyl sites for hydroxylation is 1. The second-order valence-electron chi connectivity index (χ2n) is 9.29. The molecule has 1 aliphatic heterocycles. The smallest absolute Gasteiger partial charge is 0.384 e. The van der Waals surface area contributed by atoms with E-state index in [0.717, 1.165) is 11.6 Å². The lowest BCUT2D eigenvalue weighted by Crippen LogP contribution is -2.36. The summed E-state index contributed by atoms with van der Waals surface area (Å²) in [6.45, 7) is 4.06. The van der Waals surface area contributed by atoms with Crippen molar-refractivity contribution in [3.8, 4) is 5.82 Å². The number of halogens is 3. The van der Waals surface area contributed by atoms with Crippen LogP contribution in [0.4, 0.5) is 36.3 Å². The number of nitrogens with zero attached hydrogens (tertiary/aromatic N) is 5. The molecule has 3 heterocycles. The molecular formula is C27H27F3N8O2. The molecule has 40 heavy (non-hydrogen) atoms.